The summed E-state index contributed by atoms with van der Waals surface area (Å²) in [6, 6.07) is 27.2. The first-order valence-corrected chi connectivity index (χ1v) is 10.6. The summed E-state index contributed by atoms with van der Waals surface area (Å²) < 4.78 is 7.56. The molecule has 1 aromatic heterocycles. The number of para-hydroxylation sites is 1. The average molecular weight is 409 g/mol. The Morgan fingerprint density at radius 1 is 0.903 bits per heavy atom. The zero-order valence-corrected chi connectivity index (χ0v) is 17.2. The van der Waals surface area contributed by atoms with Crippen molar-refractivity contribution in [1.29, 1.82) is 0 Å². The average Bonchev–Trinajstić information content (AvgIpc) is 2.82. The molecule has 0 aliphatic carbocycles. The van der Waals surface area contributed by atoms with Gasteiger partial charge in [0.1, 0.15) is 12.5 Å². The van der Waals surface area contributed by atoms with Crippen LogP contribution in [0.4, 0.5) is 0 Å². The van der Waals surface area contributed by atoms with Gasteiger partial charge in [-0.05, 0) is 41.0 Å². The van der Waals surface area contributed by atoms with Gasteiger partial charge < -0.3 is 9.30 Å². The predicted octanol–water partition coefficient (Wildman–Crippen LogP) is 4.82. The summed E-state index contributed by atoms with van der Waals surface area (Å²) >= 11 is 0. The SMILES string of the molecule is O=C(OCc1cc2cccc3c2n(c1=O)CCC3)C(c1ccccc1)c1ccccc1. The molecule has 0 bridgehead atoms. The molecule has 1 aliphatic heterocycles. The van der Waals surface area contributed by atoms with Gasteiger partial charge in [-0.1, -0.05) is 78.9 Å². The lowest BCUT2D eigenvalue weighted by molar-refractivity contribution is -0.145. The van der Waals surface area contributed by atoms with Gasteiger partial charge in [-0.15, -0.1) is 0 Å². The molecule has 0 unspecified atom stereocenters. The van der Waals surface area contributed by atoms with Crippen LogP contribution in [0.25, 0.3) is 10.9 Å². The number of pyridine rings is 1. The van der Waals surface area contributed by atoms with Crippen LogP contribution in [0.3, 0.4) is 0 Å². The van der Waals surface area contributed by atoms with E-state index in [2.05, 4.69) is 6.07 Å². The van der Waals surface area contributed by atoms with Crippen molar-refractivity contribution in [3.8, 4) is 0 Å². The molecule has 0 saturated carbocycles. The van der Waals surface area contributed by atoms with E-state index in [9.17, 15) is 9.59 Å². The number of carbonyl (C=O) groups is 1. The number of esters is 1. The van der Waals surface area contributed by atoms with Gasteiger partial charge in [0.2, 0.25) is 0 Å². The fourth-order valence-electron chi connectivity index (χ4n) is 4.52. The summed E-state index contributed by atoms with van der Waals surface area (Å²) in [5, 5.41) is 1.02. The lowest BCUT2D eigenvalue weighted by Gasteiger charge is -2.21. The monoisotopic (exact) mass is 409 g/mol. The maximum atomic E-state index is 13.2. The minimum Gasteiger partial charge on any atom is -0.460 e. The smallest absolute Gasteiger partial charge is 0.318 e. The van der Waals surface area contributed by atoms with Crippen molar-refractivity contribution in [2.24, 2.45) is 0 Å². The number of hydrogen-bond acceptors (Lipinski definition) is 3. The minimum absolute atomic E-state index is 0.0337. The van der Waals surface area contributed by atoms with Gasteiger partial charge in [0.05, 0.1) is 11.1 Å². The number of aryl methyl sites for hydroxylation is 2. The molecule has 0 fully saturated rings. The van der Waals surface area contributed by atoms with Gasteiger partial charge >= 0.3 is 5.97 Å². The van der Waals surface area contributed by atoms with Crippen LogP contribution in [0.15, 0.2) is 89.7 Å². The highest BCUT2D eigenvalue weighted by atomic mass is 16.5. The second-order valence-electron chi connectivity index (χ2n) is 7.95. The molecule has 3 aromatic carbocycles. The Hall–Kier alpha value is -3.66. The molecular formula is C27H23NO3. The van der Waals surface area contributed by atoms with E-state index in [-0.39, 0.29) is 18.1 Å². The summed E-state index contributed by atoms with van der Waals surface area (Å²) in [5.41, 5.74) is 4.41. The van der Waals surface area contributed by atoms with Gasteiger partial charge in [0.15, 0.2) is 0 Å². The first kappa shape index (κ1) is 19.3. The molecule has 4 heteroatoms. The van der Waals surface area contributed by atoms with Crippen LogP contribution in [-0.2, 0) is 29.1 Å². The summed E-state index contributed by atoms with van der Waals surface area (Å²) in [4.78, 5) is 26.3. The maximum Gasteiger partial charge on any atom is 0.318 e. The van der Waals surface area contributed by atoms with Crippen LogP contribution in [0, 0.1) is 0 Å². The molecule has 0 atom stereocenters. The summed E-state index contributed by atoms with van der Waals surface area (Å²) in [6.07, 6.45) is 1.93. The van der Waals surface area contributed by atoms with Gasteiger partial charge in [-0.2, -0.15) is 0 Å². The van der Waals surface area contributed by atoms with E-state index in [1.165, 1.54) is 5.56 Å². The highest BCUT2D eigenvalue weighted by Crippen LogP contribution is 2.27. The van der Waals surface area contributed by atoms with Gasteiger partial charge in [0, 0.05) is 6.54 Å². The van der Waals surface area contributed by atoms with Crippen molar-refractivity contribution >= 4 is 16.9 Å². The third kappa shape index (κ3) is 3.66. The zero-order chi connectivity index (χ0) is 21.2. The number of ether oxygens (including phenoxy) is 1. The van der Waals surface area contributed by atoms with Crippen molar-refractivity contribution in [3.63, 3.8) is 0 Å². The molecule has 0 amide bonds. The first-order chi connectivity index (χ1) is 15.2. The highest BCUT2D eigenvalue weighted by molar-refractivity contribution is 5.84. The number of aromatic nitrogens is 1. The van der Waals surface area contributed by atoms with Crippen LogP contribution in [-0.4, -0.2) is 10.5 Å². The molecule has 154 valence electrons. The van der Waals surface area contributed by atoms with Crippen molar-refractivity contribution in [3.05, 3.63) is 118 Å². The third-order valence-corrected chi connectivity index (χ3v) is 5.97. The second-order valence-corrected chi connectivity index (χ2v) is 7.95. The van der Waals surface area contributed by atoms with E-state index >= 15 is 0 Å². The maximum absolute atomic E-state index is 13.2. The van der Waals surface area contributed by atoms with E-state index < -0.39 is 5.92 Å². The number of benzene rings is 3. The minimum atomic E-state index is -0.532. The van der Waals surface area contributed by atoms with Crippen molar-refractivity contribution in [1.82, 2.24) is 4.57 Å². The topological polar surface area (TPSA) is 48.3 Å². The molecule has 0 spiro atoms. The Balaban J connectivity index is 1.46. The highest BCUT2D eigenvalue weighted by Gasteiger charge is 2.25. The Labute approximate surface area is 180 Å². The van der Waals surface area contributed by atoms with Crippen LogP contribution in [0.1, 0.15) is 34.6 Å². The van der Waals surface area contributed by atoms with E-state index in [0.717, 1.165) is 34.9 Å². The summed E-state index contributed by atoms with van der Waals surface area (Å²) in [5.74, 6) is -0.889. The van der Waals surface area contributed by atoms with E-state index in [0.29, 0.717) is 12.1 Å². The molecule has 4 nitrogen and oxygen atoms in total. The largest absolute Gasteiger partial charge is 0.460 e. The van der Waals surface area contributed by atoms with Crippen molar-refractivity contribution < 1.29 is 9.53 Å². The predicted molar refractivity (Wildman–Crippen MR) is 121 cm³/mol. The molecule has 4 aromatic rings. The van der Waals surface area contributed by atoms with Gasteiger partial charge in [0.25, 0.3) is 5.56 Å². The molecule has 0 N–H and O–H groups in total. The van der Waals surface area contributed by atoms with Crippen LogP contribution in [0.2, 0.25) is 0 Å². The number of hydrogen-bond donors (Lipinski definition) is 0. The number of rotatable bonds is 5. The lowest BCUT2D eigenvalue weighted by atomic mass is 9.91. The molecule has 1 aliphatic rings. The molecule has 2 heterocycles. The van der Waals surface area contributed by atoms with Gasteiger partial charge in [-0.3, -0.25) is 9.59 Å². The molecule has 0 saturated heterocycles. The van der Waals surface area contributed by atoms with Gasteiger partial charge in [-0.25, -0.2) is 0 Å². The Kier molecular flexibility index (Phi) is 5.13. The van der Waals surface area contributed by atoms with E-state index in [1.807, 2.05) is 83.4 Å². The van der Waals surface area contributed by atoms with Crippen molar-refractivity contribution in [2.75, 3.05) is 0 Å². The standard InChI is InChI=1S/C27H23NO3/c29-26-23(17-22-14-7-13-21-15-8-16-28(26)25(21)22)18-31-27(30)24(19-9-3-1-4-10-19)20-11-5-2-6-12-20/h1-7,9-14,17,24H,8,15-16,18H2. The second kappa shape index (κ2) is 8.23. The van der Waals surface area contributed by atoms with Crippen LogP contribution in [0.5, 0.6) is 0 Å². The molecule has 31 heavy (non-hydrogen) atoms. The van der Waals surface area contributed by atoms with E-state index in [4.69, 9.17) is 4.74 Å². The van der Waals surface area contributed by atoms with Crippen LogP contribution < -0.4 is 5.56 Å². The molecule has 5 rings (SSSR count). The Morgan fingerprint density at radius 3 is 2.26 bits per heavy atom. The summed E-state index contributed by atoms with van der Waals surface area (Å²) in [7, 11) is 0. The number of carbonyl (C=O) groups excluding carboxylic acids is 1. The third-order valence-electron chi connectivity index (χ3n) is 5.97. The quantitative estimate of drug-likeness (QED) is 0.444. The van der Waals surface area contributed by atoms with Crippen LogP contribution >= 0.6 is 0 Å². The lowest BCUT2D eigenvalue weighted by Crippen LogP contribution is -2.28. The summed E-state index contributed by atoms with van der Waals surface area (Å²) in [6.45, 7) is 0.665. The molecular weight excluding hydrogens is 386 g/mol. The van der Waals surface area contributed by atoms with E-state index in [1.54, 1.807) is 0 Å². The number of nitrogens with zero attached hydrogens (tertiary/aromatic N) is 1. The zero-order valence-electron chi connectivity index (χ0n) is 17.2. The fraction of sp³-hybridized carbons (Fsp3) is 0.185. The Morgan fingerprint density at radius 2 is 1.58 bits per heavy atom. The molecule has 0 radical (unpaired) electrons. The first-order valence-electron chi connectivity index (χ1n) is 10.6. The Bertz CT molecular complexity index is 1250. The van der Waals surface area contributed by atoms with Crippen molar-refractivity contribution in [2.45, 2.75) is 31.9 Å². The normalized spacial score (nSPS) is 12.8. The fourth-order valence-corrected chi connectivity index (χ4v) is 4.52.